The quantitative estimate of drug-likeness (QED) is 0.846. The third-order valence-corrected chi connectivity index (χ3v) is 4.14. The van der Waals surface area contributed by atoms with Crippen molar-refractivity contribution in [2.45, 2.75) is 59.0 Å². The molecule has 1 aliphatic rings. The van der Waals surface area contributed by atoms with Crippen LogP contribution in [-0.4, -0.2) is 54.5 Å². The number of likely N-dealkylation sites (tertiary alicyclic amines) is 1. The summed E-state index contributed by atoms with van der Waals surface area (Å²) in [7, 11) is 2.01. The van der Waals surface area contributed by atoms with E-state index in [-0.39, 0.29) is 23.7 Å². The molecule has 0 radical (unpaired) electrons. The lowest BCUT2D eigenvalue weighted by atomic mass is 9.93. The fourth-order valence-electron chi connectivity index (χ4n) is 3.08. The van der Waals surface area contributed by atoms with Crippen molar-refractivity contribution in [1.29, 1.82) is 0 Å². The van der Waals surface area contributed by atoms with Crippen LogP contribution in [0.5, 0.6) is 0 Å². The van der Waals surface area contributed by atoms with Crippen LogP contribution < -0.4 is 5.73 Å². The lowest BCUT2D eigenvalue weighted by molar-refractivity contribution is -0.138. The Morgan fingerprint density at radius 2 is 1.80 bits per heavy atom. The molecular weight excluding hydrogens is 274 g/mol. The van der Waals surface area contributed by atoms with E-state index in [2.05, 4.69) is 37.5 Å². The van der Waals surface area contributed by atoms with Crippen LogP contribution in [0.4, 0.5) is 0 Å². The molecule has 1 saturated heterocycles. The summed E-state index contributed by atoms with van der Waals surface area (Å²) < 4.78 is 0. The lowest BCUT2D eigenvalue weighted by Gasteiger charge is -2.40. The van der Waals surface area contributed by atoms with Gasteiger partial charge in [-0.2, -0.15) is 0 Å². The van der Waals surface area contributed by atoms with Gasteiger partial charge < -0.3 is 10.6 Å². The van der Waals surface area contributed by atoms with E-state index in [1.165, 1.54) is 6.42 Å². The van der Waals surface area contributed by atoms with E-state index in [1.54, 1.807) is 0 Å². The van der Waals surface area contributed by atoms with Crippen molar-refractivity contribution >= 4 is 18.3 Å². The van der Waals surface area contributed by atoms with Crippen LogP contribution in [0.3, 0.4) is 0 Å². The topological polar surface area (TPSA) is 49.6 Å². The average molecular weight is 306 g/mol. The second-order valence-corrected chi connectivity index (χ2v) is 6.97. The standard InChI is InChI=1S/C15H31N3O.ClH/c1-12-7-6-8-13(2)18(12)14(19)9-17(5)11-15(3,4)10-16;/h12-13H,6-11,16H2,1-5H3;1H. The smallest absolute Gasteiger partial charge is 0.237 e. The summed E-state index contributed by atoms with van der Waals surface area (Å²) in [5.41, 5.74) is 5.81. The number of carbonyl (C=O) groups is 1. The highest BCUT2D eigenvalue weighted by atomic mass is 35.5. The van der Waals surface area contributed by atoms with Gasteiger partial charge in [-0.15, -0.1) is 12.4 Å². The largest absolute Gasteiger partial charge is 0.336 e. The van der Waals surface area contributed by atoms with Gasteiger partial charge in [-0.3, -0.25) is 9.69 Å². The molecule has 0 aromatic carbocycles. The molecule has 0 aromatic rings. The Hall–Kier alpha value is -0.320. The zero-order chi connectivity index (χ0) is 14.6. The fraction of sp³-hybridized carbons (Fsp3) is 0.933. The zero-order valence-corrected chi connectivity index (χ0v) is 14.5. The van der Waals surface area contributed by atoms with Crippen molar-refractivity contribution < 1.29 is 4.79 Å². The number of amides is 1. The van der Waals surface area contributed by atoms with Gasteiger partial charge in [-0.1, -0.05) is 13.8 Å². The Morgan fingerprint density at radius 3 is 2.25 bits per heavy atom. The van der Waals surface area contributed by atoms with E-state index >= 15 is 0 Å². The minimum absolute atomic E-state index is 0. The van der Waals surface area contributed by atoms with Crippen molar-refractivity contribution in [1.82, 2.24) is 9.80 Å². The third-order valence-electron chi connectivity index (χ3n) is 4.14. The number of carbonyl (C=O) groups excluding carboxylic acids is 1. The minimum atomic E-state index is 0. The van der Waals surface area contributed by atoms with Gasteiger partial charge >= 0.3 is 0 Å². The number of nitrogens with two attached hydrogens (primary N) is 1. The lowest BCUT2D eigenvalue weighted by Crippen LogP contribution is -2.51. The summed E-state index contributed by atoms with van der Waals surface area (Å²) in [4.78, 5) is 16.6. The van der Waals surface area contributed by atoms with Crippen molar-refractivity contribution in [3.05, 3.63) is 0 Å². The first-order valence-corrected chi connectivity index (χ1v) is 7.46. The summed E-state index contributed by atoms with van der Waals surface area (Å²) in [5, 5.41) is 0. The van der Waals surface area contributed by atoms with Crippen LogP contribution in [0.1, 0.15) is 47.0 Å². The Morgan fingerprint density at radius 1 is 1.30 bits per heavy atom. The van der Waals surface area contributed by atoms with Gasteiger partial charge in [-0.25, -0.2) is 0 Å². The normalized spacial score (nSPS) is 23.6. The predicted molar refractivity (Wildman–Crippen MR) is 87.2 cm³/mol. The summed E-state index contributed by atoms with van der Waals surface area (Å²) in [6, 6.07) is 0.763. The molecule has 0 spiro atoms. The number of piperidine rings is 1. The van der Waals surface area contributed by atoms with Crippen molar-refractivity contribution in [3.63, 3.8) is 0 Å². The first-order valence-electron chi connectivity index (χ1n) is 7.46. The minimum Gasteiger partial charge on any atom is -0.336 e. The highest BCUT2D eigenvalue weighted by Gasteiger charge is 2.30. The van der Waals surface area contributed by atoms with Gasteiger partial charge in [-0.05, 0) is 52.1 Å². The maximum Gasteiger partial charge on any atom is 0.237 e. The van der Waals surface area contributed by atoms with Gasteiger partial charge in [0, 0.05) is 18.6 Å². The van der Waals surface area contributed by atoms with E-state index in [9.17, 15) is 4.79 Å². The second kappa shape index (κ2) is 8.20. The van der Waals surface area contributed by atoms with Gasteiger partial charge in [0.05, 0.1) is 6.54 Å². The number of halogens is 1. The number of hydrogen-bond acceptors (Lipinski definition) is 3. The molecule has 1 aliphatic heterocycles. The SMILES string of the molecule is CC1CCCC(C)N1C(=O)CN(C)CC(C)(C)CN.Cl. The van der Waals surface area contributed by atoms with E-state index < -0.39 is 0 Å². The van der Waals surface area contributed by atoms with Crippen molar-refractivity contribution in [3.8, 4) is 0 Å². The van der Waals surface area contributed by atoms with Crippen molar-refractivity contribution in [2.75, 3.05) is 26.7 Å². The van der Waals surface area contributed by atoms with Crippen LogP contribution in [0.2, 0.25) is 0 Å². The highest BCUT2D eigenvalue weighted by Crippen LogP contribution is 2.23. The molecule has 4 nitrogen and oxygen atoms in total. The summed E-state index contributed by atoms with van der Waals surface area (Å²) in [6.07, 6.45) is 3.50. The fourth-order valence-corrected chi connectivity index (χ4v) is 3.08. The summed E-state index contributed by atoms with van der Waals surface area (Å²) >= 11 is 0. The van der Waals surface area contributed by atoms with Crippen LogP contribution in [0, 0.1) is 5.41 Å². The van der Waals surface area contributed by atoms with E-state index in [4.69, 9.17) is 5.73 Å². The van der Waals surface area contributed by atoms with Gasteiger partial charge in [0.2, 0.25) is 5.91 Å². The molecule has 120 valence electrons. The van der Waals surface area contributed by atoms with Gasteiger partial charge in [0.25, 0.3) is 0 Å². The summed E-state index contributed by atoms with van der Waals surface area (Å²) in [5.74, 6) is 0.259. The second-order valence-electron chi connectivity index (χ2n) is 6.97. The Kier molecular flexibility index (Phi) is 8.07. The number of nitrogens with zero attached hydrogens (tertiary/aromatic N) is 2. The monoisotopic (exact) mass is 305 g/mol. The average Bonchev–Trinajstić information content (AvgIpc) is 2.27. The summed E-state index contributed by atoms with van der Waals surface area (Å²) in [6.45, 7) is 10.6. The molecule has 1 amide bonds. The molecule has 20 heavy (non-hydrogen) atoms. The Labute approximate surface area is 130 Å². The molecule has 0 bridgehead atoms. The van der Waals surface area contributed by atoms with Crippen molar-refractivity contribution in [2.24, 2.45) is 11.1 Å². The highest BCUT2D eigenvalue weighted by molar-refractivity contribution is 5.85. The Balaban J connectivity index is 0.00000361. The van der Waals surface area contributed by atoms with Crippen LogP contribution in [0.15, 0.2) is 0 Å². The zero-order valence-electron chi connectivity index (χ0n) is 13.7. The number of likely N-dealkylation sites (N-methyl/N-ethyl adjacent to an activating group) is 1. The van der Waals surface area contributed by atoms with E-state index in [0.717, 1.165) is 19.4 Å². The molecule has 1 rings (SSSR count). The van der Waals surface area contributed by atoms with Crippen LogP contribution in [-0.2, 0) is 4.79 Å². The third kappa shape index (κ3) is 5.58. The first-order chi connectivity index (χ1) is 8.76. The number of hydrogen-bond donors (Lipinski definition) is 1. The Bertz CT molecular complexity index is 299. The molecule has 2 unspecified atom stereocenters. The molecule has 5 heteroatoms. The first kappa shape index (κ1) is 19.7. The maximum atomic E-state index is 12.5. The van der Waals surface area contributed by atoms with E-state index in [0.29, 0.717) is 25.2 Å². The molecule has 0 aliphatic carbocycles. The molecule has 2 atom stereocenters. The van der Waals surface area contributed by atoms with Gasteiger partial charge in [0.1, 0.15) is 0 Å². The predicted octanol–water partition coefficient (Wildman–Crippen LogP) is 2.11. The van der Waals surface area contributed by atoms with Crippen LogP contribution in [0.25, 0.3) is 0 Å². The maximum absolute atomic E-state index is 12.5. The van der Waals surface area contributed by atoms with Crippen LogP contribution >= 0.6 is 12.4 Å². The van der Waals surface area contributed by atoms with Gasteiger partial charge in [0.15, 0.2) is 0 Å². The molecule has 1 fully saturated rings. The molecule has 1 heterocycles. The van der Waals surface area contributed by atoms with E-state index in [1.807, 2.05) is 7.05 Å². The molecule has 2 N–H and O–H groups in total. The molecule has 0 aromatic heterocycles. The molecule has 0 saturated carbocycles. The number of rotatable bonds is 5. The molecular formula is C15H32ClN3O.